The summed E-state index contributed by atoms with van der Waals surface area (Å²) >= 11 is 0. The Morgan fingerprint density at radius 2 is 1.70 bits per heavy atom. The summed E-state index contributed by atoms with van der Waals surface area (Å²) in [5.74, 6) is -0.108. The Bertz CT molecular complexity index is 1430. The Morgan fingerprint density at radius 1 is 0.975 bits per heavy atom. The molecule has 0 aliphatic heterocycles. The number of amides is 1. The van der Waals surface area contributed by atoms with Crippen LogP contribution in [0.5, 0.6) is 0 Å². The van der Waals surface area contributed by atoms with Crippen LogP contribution in [-0.2, 0) is 10.2 Å². The standard InChI is InChI=1S/C30H33F2N5O3/c31-30(32)15-21(16-30)26(38)37(22-3-1-2-20(14-22)24-33-23(36-40-24)18-4-5-18)17-28-8-11-29(12-9-28,13-10-28)27-35-34-25(39-27)19-6-7-19/h1-3,14,18-19,21H,4-13,15-17H2. The lowest BCUT2D eigenvalue weighted by atomic mass is 9.53. The number of nitrogens with zero attached hydrogens (tertiary/aromatic N) is 5. The third-order valence-corrected chi connectivity index (χ3v) is 10.2. The van der Waals surface area contributed by atoms with Crippen molar-refractivity contribution in [2.24, 2.45) is 11.3 Å². The Hall–Kier alpha value is -3.17. The van der Waals surface area contributed by atoms with Crippen molar-refractivity contribution in [1.82, 2.24) is 20.3 Å². The number of halogens is 2. The molecule has 8 nitrogen and oxygen atoms in total. The largest absolute Gasteiger partial charge is 0.424 e. The lowest BCUT2D eigenvalue weighted by molar-refractivity contribution is -0.148. The topological polar surface area (TPSA) is 98.2 Å². The summed E-state index contributed by atoms with van der Waals surface area (Å²) in [5.41, 5.74) is 1.29. The smallest absolute Gasteiger partial charge is 0.258 e. The highest BCUT2D eigenvalue weighted by Gasteiger charge is 2.55. The second-order valence-corrected chi connectivity index (χ2v) is 13.2. The predicted molar refractivity (Wildman–Crippen MR) is 140 cm³/mol. The monoisotopic (exact) mass is 549 g/mol. The van der Waals surface area contributed by atoms with E-state index in [1.165, 1.54) is 0 Å². The van der Waals surface area contributed by atoms with Gasteiger partial charge in [0.15, 0.2) is 5.82 Å². The minimum absolute atomic E-state index is 0.0668. The maximum atomic E-state index is 13.8. The molecule has 0 radical (unpaired) electrons. The highest BCUT2D eigenvalue weighted by Crippen LogP contribution is 2.58. The Morgan fingerprint density at radius 3 is 2.38 bits per heavy atom. The molecule has 2 bridgehead atoms. The summed E-state index contributed by atoms with van der Waals surface area (Å²) in [6, 6.07) is 7.55. The van der Waals surface area contributed by atoms with Crippen molar-refractivity contribution in [1.29, 1.82) is 0 Å². The molecule has 0 spiro atoms. The first-order valence-electron chi connectivity index (χ1n) is 14.8. The molecule has 1 amide bonds. The molecule has 6 aliphatic carbocycles. The minimum Gasteiger partial charge on any atom is -0.424 e. The van der Waals surface area contributed by atoms with Crippen LogP contribution in [0.25, 0.3) is 11.5 Å². The van der Waals surface area contributed by atoms with Crippen molar-refractivity contribution in [3.8, 4) is 11.5 Å². The van der Waals surface area contributed by atoms with E-state index >= 15 is 0 Å². The van der Waals surface area contributed by atoms with Crippen LogP contribution in [0.15, 0.2) is 33.2 Å². The van der Waals surface area contributed by atoms with E-state index in [1.54, 1.807) is 4.90 Å². The molecule has 3 aromatic rings. The molecule has 1 aromatic carbocycles. The van der Waals surface area contributed by atoms with Gasteiger partial charge in [-0.2, -0.15) is 4.98 Å². The van der Waals surface area contributed by atoms with Gasteiger partial charge >= 0.3 is 0 Å². The molecule has 0 saturated heterocycles. The fourth-order valence-electron chi connectivity index (χ4n) is 7.12. The average Bonchev–Trinajstić information content (AvgIpc) is 3.89. The van der Waals surface area contributed by atoms with Gasteiger partial charge in [-0.15, -0.1) is 10.2 Å². The maximum absolute atomic E-state index is 13.8. The van der Waals surface area contributed by atoms with Crippen molar-refractivity contribution in [2.45, 2.75) is 100 Å². The van der Waals surface area contributed by atoms with Crippen LogP contribution in [0.2, 0.25) is 0 Å². The van der Waals surface area contributed by atoms with E-state index in [2.05, 4.69) is 20.3 Å². The minimum atomic E-state index is -2.76. The van der Waals surface area contributed by atoms with Crippen molar-refractivity contribution in [3.63, 3.8) is 0 Å². The molecular weight excluding hydrogens is 516 g/mol. The van der Waals surface area contributed by atoms with Gasteiger partial charge in [-0.3, -0.25) is 4.79 Å². The van der Waals surface area contributed by atoms with E-state index in [0.717, 1.165) is 87.4 Å². The fourth-order valence-corrected chi connectivity index (χ4v) is 7.12. The molecule has 6 fully saturated rings. The molecule has 9 rings (SSSR count). The van der Waals surface area contributed by atoms with E-state index in [9.17, 15) is 13.6 Å². The average molecular weight is 550 g/mol. The van der Waals surface area contributed by atoms with Crippen LogP contribution in [0.3, 0.4) is 0 Å². The van der Waals surface area contributed by atoms with Gasteiger partial charge in [0.2, 0.25) is 23.6 Å². The zero-order valence-corrected chi connectivity index (χ0v) is 22.5. The molecule has 0 unspecified atom stereocenters. The van der Waals surface area contributed by atoms with E-state index in [1.807, 2.05) is 24.3 Å². The zero-order valence-electron chi connectivity index (χ0n) is 22.5. The van der Waals surface area contributed by atoms with Gasteiger partial charge in [-0.05, 0) is 87.8 Å². The van der Waals surface area contributed by atoms with Crippen LogP contribution in [0, 0.1) is 11.3 Å². The van der Waals surface area contributed by atoms with Crippen LogP contribution in [0.1, 0.15) is 106 Å². The molecule has 6 saturated carbocycles. The van der Waals surface area contributed by atoms with Gasteiger partial charge in [-0.1, -0.05) is 11.2 Å². The van der Waals surface area contributed by atoms with Crippen molar-refractivity contribution in [3.05, 3.63) is 41.9 Å². The summed E-state index contributed by atoms with van der Waals surface area (Å²) in [6.45, 7) is 0.516. The summed E-state index contributed by atoms with van der Waals surface area (Å²) in [7, 11) is 0. The third kappa shape index (κ3) is 4.25. The first-order valence-corrected chi connectivity index (χ1v) is 14.8. The number of carbonyl (C=O) groups is 1. The van der Waals surface area contributed by atoms with E-state index in [0.29, 0.717) is 30.0 Å². The second-order valence-electron chi connectivity index (χ2n) is 13.2. The molecule has 2 heterocycles. The number of hydrogen-bond donors (Lipinski definition) is 0. The van der Waals surface area contributed by atoms with E-state index in [4.69, 9.17) is 8.94 Å². The van der Waals surface area contributed by atoms with E-state index in [-0.39, 0.29) is 29.6 Å². The maximum Gasteiger partial charge on any atom is 0.258 e. The lowest BCUT2D eigenvalue weighted by Crippen LogP contribution is -2.53. The number of benzene rings is 1. The summed E-state index contributed by atoms with van der Waals surface area (Å²) in [5, 5.41) is 12.9. The van der Waals surface area contributed by atoms with E-state index < -0.39 is 11.8 Å². The molecule has 210 valence electrons. The number of hydrogen-bond acceptors (Lipinski definition) is 7. The highest BCUT2D eigenvalue weighted by molar-refractivity contribution is 5.96. The van der Waals surface area contributed by atoms with Gasteiger partial charge in [0, 0.05) is 53.8 Å². The molecular formula is C30H33F2N5O3. The summed E-state index contributed by atoms with van der Waals surface area (Å²) in [6.07, 6.45) is 9.27. The molecule has 2 aromatic heterocycles. The third-order valence-electron chi connectivity index (χ3n) is 10.2. The van der Waals surface area contributed by atoms with Crippen LogP contribution >= 0.6 is 0 Å². The molecule has 10 heteroatoms. The summed E-state index contributed by atoms with van der Waals surface area (Å²) in [4.78, 5) is 20.1. The van der Waals surface area contributed by atoms with Crippen LogP contribution in [-0.4, -0.2) is 38.7 Å². The normalized spacial score (nSPS) is 29.4. The quantitative estimate of drug-likeness (QED) is 0.314. The molecule has 0 N–H and O–H groups in total. The second kappa shape index (κ2) is 8.66. The van der Waals surface area contributed by atoms with Gasteiger partial charge in [0.05, 0.1) is 0 Å². The number of alkyl halides is 2. The molecule has 40 heavy (non-hydrogen) atoms. The van der Waals surface area contributed by atoms with Crippen LogP contribution < -0.4 is 4.90 Å². The van der Waals surface area contributed by atoms with Crippen LogP contribution in [0.4, 0.5) is 14.5 Å². The van der Waals surface area contributed by atoms with Crippen molar-refractivity contribution >= 4 is 11.6 Å². The molecule has 6 aliphatic rings. The number of anilines is 1. The van der Waals surface area contributed by atoms with Gasteiger partial charge < -0.3 is 13.8 Å². The van der Waals surface area contributed by atoms with Gasteiger partial charge in [-0.25, -0.2) is 8.78 Å². The Labute approximate surface area is 230 Å². The Kier molecular flexibility index (Phi) is 5.33. The van der Waals surface area contributed by atoms with Crippen molar-refractivity contribution in [2.75, 3.05) is 11.4 Å². The number of carbonyl (C=O) groups excluding carboxylic acids is 1. The predicted octanol–water partition coefficient (Wildman–Crippen LogP) is 6.54. The highest BCUT2D eigenvalue weighted by atomic mass is 19.3. The number of rotatable bonds is 8. The first kappa shape index (κ1) is 24.6. The summed E-state index contributed by atoms with van der Waals surface area (Å²) < 4.78 is 39.3. The first-order chi connectivity index (χ1) is 19.3. The zero-order chi connectivity index (χ0) is 27.1. The number of aromatic nitrogens is 4. The molecule has 0 atom stereocenters. The van der Waals surface area contributed by atoms with Gasteiger partial charge in [0.25, 0.3) is 5.89 Å². The Balaban J connectivity index is 1.05. The fraction of sp³-hybridized carbons (Fsp3) is 0.633. The van der Waals surface area contributed by atoms with Crippen molar-refractivity contribution < 1.29 is 22.5 Å². The SMILES string of the molecule is O=C(C1CC(F)(F)C1)N(CC12CCC(c3nnc(C4CC4)o3)(CC1)CC2)c1cccc(-c2nc(C3CC3)no2)c1. The number of fused-ring (bicyclic) bond motifs is 3. The lowest BCUT2D eigenvalue weighted by Gasteiger charge is -2.53. The van der Waals surface area contributed by atoms with Gasteiger partial charge in [0.1, 0.15) is 0 Å².